The van der Waals surface area contributed by atoms with Gasteiger partial charge < -0.3 is 10.1 Å². The molecule has 1 aromatic carbocycles. The maximum atomic E-state index is 13.5. The Bertz CT molecular complexity index is 997. The summed E-state index contributed by atoms with van der Waals surface area (Å²) in [5, 5.41) is 15.5. The molecule has 0 aliphatic heterocycles. The van der Waals surface area contributed by atoms with E-state index >= 15 is 0 Å². The zero-order chi connectivity index (χ0) is 23.2. The van der Waals surface area contributed by atoms with Gasteiger partial charge in [0.25, 0.3) is 0 Å². The molecule has 1 heterocycles. The van der Waals surface area contributed by atoms with Crippen molar-refractivity contribution >= 4 is 28.3 Å². The lowest BCUT2D eigenvalue weighted by molar-refractivity contribution is -0.148. The second-order valence-corrected chi connectivity index (χ2v) is 11.5. The van der Waals surface area contributed by atoms with Gasteiger partial charge in [0.1, 0.15) is 16.8 Å². The molecule has 8 heteroatoms. The van der Waals surface area contributed by atoms with Gasteiger partial charge in [-0.1, -0.05) is 25.2 Å². The number of aromatic nitrogens is 2. The lowest BCUT2D eigenvalue weighted by Crippen LogP contribution is -2.57. The molecule has 2 aromatic rings. The Labute approximate surface area is 198 Å². The van der Waals surface area contributed by atoms with E-state index in [2.05, 4.69) is 20.8 Å². The van der Waals surface area contributed by atoms with Crippen molar-refractivity contribution in [2.45, 2.75) is 58.4 Å². The van der Waals surface area contributed by atoms with Crippen LogP contribution in [-0.2, 0) is 9.59 Å². The minimum atomic E-state index is -0.598. The van der Waals surface area contributed by atoms with Crippen molar-refractivity contribution in [1.29, 1.82) is 0 Å². The number of carbonyl (C=O) groups excluding carboxylic acids is 2. The number of amides is 2. The zero-order valence-electron chi connectivity index (χ0n) is 19.5. The van der Waals surface area contributed by atoms with E-state index in [1.165, 1.54) is 30.6 Å². The van der Waals surface area contributed by atoms with Gasteiger partial charge in [-0.05, 0) is 86.5 Å². The number of hydrogen-bond acceptors (Lipinski definition) is 6. The first-order valence-electron chi connectivity index (χ1n) is 11.9. The van der Waals surface area contributed by atoms with Gasteiger partial charge in [0.2, 0.25) is 16.9 Å². The first-order chi connectivity index (χ1) is 15.8. The van der Waals surface area contributed by atoms with E-state index in [4.69, 9.17) is 4.74 Å². The Morgan fingerprint density at radius 1 is 1.03 bits per heavy atom. The standard InChI is InChI=1S/C25H32N4O3S/c1-14(2)20(26-23(31)25-11-15-8-16(12-25)10-17(9-15)13-25)21(30)27-24-29-28-22(33-24)18-4-6-19(32-3)7-5-18/h4-7,14-17,20H,8-13H2,1-3H3,(H,26,31)(H,27,29,30). The predicted octanol–water partition coefficient (Wildman–Crippen LogP) is 4.51. The van der Waals surface area contributed by atoms with Crippen LogP contribution in [-0.4, -0.2) is 35.2 Å². The summed E-state index contributed by atoms with van der Waals surface area (Å²) in [5.74, 6) is 2.64. The molecule has 6 rings (SSSR count). The number of nitrogens with zero attached hydrogens (tertiary/aromatic N) is 2. The average molecular weight is 469 g/mol. The molecule has 4 saturated carbocycles. The van der Waals surface area contributed by atoms with Crippen LogP contribution >= 0.6 is 11.3 Å². The summed E-state index contributed by atoms with van der Waals surface area (Å²) >= 11 is 1.32. The SMILES string of the molecule is COc1ccc(-c2nnc(NC(=O)C(NC(=O)C34CC5CC(CC(C5)C3)C4)C(C)C)s2)cc1. The van der Waals surface area contributed by atoms with Crippen LogP contribution in [0.2, 0.25) is 0 Å². The summed E-state index contributed by atoms with van der Waals surface area (Å²) in [5.41, 5.74) is 0.635. The molecule has 0 spiro atoms. The van der Waals surface area contributed by atoms with Crippen LogP contribution in [0.25, 0.3) is 10.6 Å². The van der Waals surface area contributed by atoms with Crippen LogP contribution in [0.15, 0.2) is 24.3 Å². The molecule has 176 valence electrons. The molecule has 4 bridgehead atoms. The molecule has 2 amide bonds. The molecule has 2 N–H and O–H groups in total. The largest absolute Gasteiger partial charge is 0.497 e. The number of anilines is 1. The van der Waals surface area contributed by atoms with Crippen molar-refractivity contribution < 1.29 is 14.3 Å². The molecule has 1 atom stereocenters. The summed E-state index contributed by atoms with van der Waals surface area (Å²) in [6, 6.07) is 6.95. The van der Waals surface area contributed by atoms with Crippen LogP contribution in [0.5, 0.6) is 5.75 Å². The maximum Gasteiger partial charge on any atom is 0.249 e. The van der Waals surface area contributed by atoms with E-state index in [0.29, 0.717) is 27.9 Å². The molecule has 4 fully saturated rings. The quantitative estimate of drug-likeness (QED) is 0.624. The second kappa shape index (κ2) is 8.70. The van der Waals surface area contributed by atoms with Gasteiger partial charge in [-0.3, -0.25) is 14.9 Å². The molecule has 33 heavy (non-hydrogen) atoms. The Kier molecular flexibility index (Phi) is 5.89. The second-order valence-electron chi connectivity index (χ2n) is 10.5. The summed E-state index contributed by atoms with van der Waals surface area (Å²) < 4.78 is 5.20. The highest BCUT2D eigenvalue weighted by atomic mass is 32.1. The monoisotopic (exact) mass is 468 g/mol. The third kappa shape index (κ3) is 4.37. The number of benzene rings is 1. The number of methoxy groups -OCH3 is 1. The van der Waals surface area contributed by atoms with Crippen molar-refractivity contribution in [3.63, 3.8) is 0 Å². The van der Waals surface area contributed by atoms with Gasteiger partial charge >= 0.3 is 0 Å². The number of rotatable bonds is 7. The van der Waals surface area contributed by atoms with Crippen molar-refractivity contribution in [2.75, 3.05) is 12.4 Å². The Morgan fingerprint density at radius 2 is 1.64 bits per heavy atom. The molecule has 1 aromatic heterocycles. The van der Waals surface area contributed by atoms with E-state index in [0.717, 1.165) is 30.6 Å². The number of carbonyl (C=O) groups is 2. The molecule has 4 aliphatic rings. The zero-order valence-corrected chi connectivity index (χ0v) is 20.3. The maximum absolute atomic E-state index is 13.5. The number of hydrogen-bond donors (Lipinski definition) is 2. The smallest absolute Gasteiger partial charge is 0.249 e. The molecular formula is C25H32N4O3S. The van der Waals surface area contributed by atoms with Gasteiger partial charge in [0, 0.05) is 11.0 Å². The minimum Gasteiger partial charge on any atom is -0.497 e. The van der Waals surface area contributed by atoms with Gasteiger partial charge in [-0.15, -0.1) is 10.2 Å². The molecule has 7 nitrogen and oxygen atoms in total. The first-order valence-corrected chi connectivity index (χ1v) is 12.8. The van der Waals surface area contributed by atoms with Crippen molar-refractivity contribution in [3.8, 4) is 16.3 Å². The highest BCUT2D eigenvalue weighted by Gasteiger charge is 2.55. The Hall–Kier alpha value is -2.48. The van der Waals surface area contributed by atoms with Gasteiger partial charge in [0.05, 0.1) is 7.11 Å². The van der Waals surface area contributed by atoms with E-state index in [-0.39, 0.29) is 23.1 Å². The average Bonchev–Trinajstić information content (AvgIpc) is 3.24. The number of ether oxygens (including phenoxy) is 1. The molecule has 4 aliphatic carbocycles. The van der Waals surface area contributed by atoms with Gasteiger partial charge in [-0.2, -0.15) is 0 Å². The third-order valence-corrected chi connectivity index (χ3v) is 8.64. The first kappa shape index (κ1) is 22.3. The molecular weight excluding hydrogens is 436 g/mol. The highest BCUT2D eigenvalue weighted by Crippen LogP contribution is 2.60. The van der Waals surface area contributed by atoms with Crippen molar-refractivity contribution in [1.82, 2.24) is 15.5 Å². The van der Waals surface area contributed by atoms with Crippen molar-refractivity contribution in [3.05, 3.63) is 24.3 Å². The Morgan fingerprint density at radius 3 is 2.18 bits per heavy atom. The molecule has 1 unspecified atom stereocenters. The van der Waals surface area contributed by atoms with E-state index in [1.807, 2.05) is 38.1 Å². The number of nitrogens with one attached hydrogen (secondary N) is 2. The van der Waals surface area contributed by atoms with Crippen LogP contribution in [0, 0.1) is 29.1 Å². The van der Waals surface area contributed by atoms with Crippen LogP contribution in [0.4, 0.5) is 5.13 Å². The fourth-order valence-electron chi connectivity index (χ4n) is 6.53. The fourth-order valence-corrected chi connectivity index (χ4v) is 7.28. The third-order valence-electron chi connectivity index (χ3n) is 7.75. The molecule has 0 radical (unpaired) electrons. The van der Waals surface area contributed by atoms with E-state index in [1.54, 1.807) is 7.11 Å². The topological polar surface area (TPSA) is 93.2 Å². The van der Waals surface area contributed by atoms with Crippen LogP contribution in [0.1, 0.15) is 52.4 Å². The normalized spacial score (nSPS) is 28.5. The summed E-state index contributed by atoms with van der Waals surface area (Å²) in [6.45, 7) is 3.93. The highest BCUT2D eigenvalue weighted by molar-refractivity contribution is 7.18. The minimum absolute atomic E-state index is 0.0307. The summed E-state index contributed by atoms with van der Waals surface area (Å²) in [4.78, 5) is 26.6. The summed E-state index contributed by atoms with van der Waals surface area (Å²) in [6.07, 6.45) is 6.81. The van der Waals surface area contributed by atoms with Gasteiger partial charge in [0.15, 0.2) is 0 Å². The Balaban J connectivity index is 1.26. The van der Waals surface area contributed by atoms with Crippen LogP contribution in [0.3, 0.4) is 0 Å². The van der Waals surface area contributed by atoms with E-state index < -0.39 is 6.04 Å². The molecule has 0 saturated heterocycles. The van der Waals surface area contributed by atoms with E-state index in [9.17, 15) is 9.59 Å². The lowest BCUT2D eigenvalue weighted by atomic mass is 9.49. The predicted molar refractivity (Wildman–Crippen MR) is 128 cm³/mol. The van der Waals surface area contributed by atoms with Crippen LogP contribution < -0.4 is 15.4 Å². The van der Waals surface area contributed by atoms with Gasteiger partial charge in [-0.25, -0.2) is 0 Å². The summed E-state index contributed by atoms with van der Waals surface area (Å²) in [7, 11) is 1.63. The lowest BCUT2D eigenvalue weighted by Gasteiger charge is -2.55. The fraction of sp³-hybridized carbons (Fsp3) is 0.600. The van der Waals surface area contributed by atoms with Crippen molar-refractivity contribution in [2.24, 2.45) is 29.1 Å².